The normalized spacial score (nSPS) is 20.0. The van der Waals surface area contributed by atoms with Crippen molar-refractivity contribution in [1.82, 2.24) is 5.32 Å². The van der Waals surface area contributed by atoms with Crippen LogP contribution in [-0.4, -0.2) is 13.1 Å². The molecule has 4 heteroatoms. The number of nitrogens with one attached hydrogen (secondary N) is 1. The van der Waals surface area contributed by atoms with Crippen molar-refractivity contribution in [2.45, 2.75) is 12.8 Å². The van der Waals surface area contributed by atoms with E-state index >= 15 is 0 Å². The number of benzene rings is 1. The van der Waals surface area contributed by atoms with Crippen molar-refractivity contribution in [3.8, 4) is 0 Å². The van der Waals surface area contributed by atoms with Crippen LogP contribution in [0.5, 0.6) is 0 Å². The summed E-state index contributed by atoms with van der Waals surface area (Å²) in [7, 11) is 0. The van der Waals surface area contributed by atoms with Crippen LogP contribution in [-0.2, 0) is 6.42 Å². The Balaban J connectivity index is 0.00000112. The van der Waals surface area contributed by atoms with Gasteiger partial charge in [0.25, 0.3) is 0 Å². The molecule has 0 amide bonds. The van der Waals surface area contributed by atoms with Gasteiger partial charge in [-0.05, 0) is 49.5 Å². The van der Waals surface area contributed by atoms with Gasteiger partial charge in [-0.15, -0.1) is 12.4 Å². The second-order valence-electron chi connectivity index (χ2n) is 3.81. The second-order valence-corrected chi connectivity index (χ2v) is 3.81. The third-order valence-corrected chi connectivity index (χ3v) is 2.67. The van der Waals surface area contributed by atoms with Crippen LogP contribution in [0.15, 0.2) is 18.2 Å². The molecule has 0 spiro atoms. The van der Waals surface area contributed by atoms with Gasteiger partial charge < -0.3 is 5.32 Å². The average molecular weight is 234 g/mol. The van der Waals surface area contributed by atoms with E-state index in [9.17, 15) is 8.78 Å². The van der Waals surface area contributed by atoms with Gasteiger partial charge in [-0.1, -0.05) is 6.07 Å². The Kier molecular flexibility index (Phi) is 4.48. The summed E-state index contributed by atoms with van der Waals surface area (Å²) in [6.45, 7) is 2.02. The fraction of sp³-hybridized carbons (Fsp3) is 0.455. The van der Waals surface area contributed by atoms with E-state index in [0.717, 1.165) is 31.5 Å². The first-order chi connectivity index (χ1) is 6.75. The van der Waals surface area contributed by atoms with Gasteiger partial charge in [0.1, 0.15) is 0 Å². The Morgan fingerprint density at radius 3 is 2.67 bits per heavy atom. The van der Waals surface area contributed by atoms with Crippen LogP contribution < -0.4 is 5.32 Å². The molecule has 1 saturated heterocycles. The fourth-order valence-electron chi connectivity index (χ4n) is 1.89. The molecule has 1 aliphatic rings. The van der Waals surface area contributed by atoms with E-state index in [1.807, 2.05) is 0 Å². The van der Waals surface area contributed by atoms with Crippen molar-refractivity contribution >= 4 is 12.4 Å². The molecule has 0 bridgehead atoms. The average Bonchev–Trinajstić information content (AvgIpc) is 2.64. The molecule has 0 saturated carbocycles. The topological polar surface area (TPSA) is 12.0 Å². The summed E-state index contributed by atoms with van der Waals surface area (Å²) in [4.78, 5) is 0. The Labute approximate surface area is 94.3 Å². The summed E-state index contributed by atoms with van der Waals surface area (Å²) >= 11 is 0. The van der Waals surface area contributed by atoms with Gasteiger partial charge in [0, 0.05) is 0 Å². The van der Waals surface area contributed by atoms with Gasteiger partial charge in [0.2, 0.25) is 0 Å². The molecule has 1 heterocycles. The Morgan fingerprint density at radius 1 is 1.27 bits per heavy atom. The maximum Gasteiger partial charge on any atom is 0.159 e. The van der Waals surface area contributed by atoms with Crippen LogP contribution in [0, 0.1) is 17.6 Å². The van der Waals surface area contributed by atoms with Crippen molar-refractivity contribution in [1.29, 1.82) is 0 Å². The summed E-state index contributed by atoms with van der Waals surface area (Å²) in [6.07, 6.45) is 1.96. The summed E-state index contributed by atoms with van der Waals surface area (Å²) in [6, 6.07) is 4.16. The minimum Gasteiger partial charge on any atom is -0.316 e. The van der Waals surface area contributed by atoms with Gasteiger partial charge in [-0.25, -0.2) is 8.78 Å². The highest BCUT2D eigenvalue weighted by Gasteiger charge is 2.15. The summed E-state index contributed by atoms with van der Waals surface area (Å²) in [5.74, 6) is -0.938. The van der Waals surface area contributed by atoms with Gasteiger partial charge in [0.15, 0.2) is 11.6 Å². The van der Waals surface area contributed by atoms with Gasteiger partial charge in [0.05, 0.1) is 0 Å². The molecule has 1 fully saturated rings. The van der Waals surface area contributed by atoms with E-state index in [2.05, 4.69) is 5.32 Å². The fourth-order valence-corrected chi connectivity index (χ4v) is 1.89. The Bertz CT molecular complexity index is 324. The van der Waals surface area contributed by atoms with Crippen LogP contribution >= 0.6 is 12.4 Å². The highest BCUT2D eigenvalue weighted by molar-refractivity contribution is 5.85. The summed E-state index contributed by atoms with van der Waals surface area (Å²) in [5, 5.41) is 3.25. The predicted molar refractivity (Wildman–Crippen MR) is 58.3 cm³/mol. The van der Waals surface area contributed by atoms with E-state index in [1.54, 1.807) is 6.07 Å². The maximum absolute atomic E-state index is 12.9. The van der Waals surface area contributed by atoms with E-state index in [0.29, 0.717) is 5.92 Å². The largest absolute Gasteiger partial charge is 0.316 e. The maximum atomic E-state index is 12.9. The van der Waals surface area contributed by atoms with Crippen molar-refractivity contribution < 1.29 is 8.78 Å². The molecule has 15 heavy (non-hydrogen) atoms. The minimum atomic E-state index is -0.765. The van der Waals surface area contributed by atoms with E-state index in [4.69, 9.17) is 0 Å². The molecule has 84 valence electrons. The third kappa shape index (κ3) is 3.14. The molecule has 0 aromatic heterocycles. The number of hydrogen-bond donors (Lipinski definition) is 1. The molecule has 1 N–H and O–H groups in total. The van der Waals surface area contributed by atoms with Crippen LogP contribution in [0.4, 0.5) is 8.78 Å². The summed E-state index contributed by atoms with van der Waals surface area (Å²) in [5.41, 5.74) is 0.887. The number of hydrogen-bond acceptors (Lipinski definition) is 1. The van der Waals surface area contributed by atoms with Crippen LogP contribution in [0.25, 0.3) is 0 Å². The molecular formula is C11H14ClF2N. The number of halogens is 3. The molecule has 1 unspecified atom stereocenters. The molecular weight excluding hydrogens is 220 g/mol. The van der Waals surface area contributed by atoms with Gasteiger partial charge >= 0.3 is 0 Å². The van der Waals surface area contributed by atoms with Crippen molar-refractivity contribution in [3.05, 3.63) is 35.4 Å². The molecule has 1 atom stereocenters. The number of rotatable bonds is 2. The zero-order valence-corrected chi connectivity index (χ0v) is 9.12. The lowest BCUT2D eigenvalue weighted by atomic mass is 9.99. The quantitative estimate of drug-likeness (QED) is 0.828. The van der Waals surface area contributed by atoms with E-state index in [1.165, 1.54) is 12.1 Å². The zero-order chi connectivity index (χ0) is 9.97. The standard InChI is InChI=1S/C11H13F2N.ClH/c12-10-2-1-8(6-11(10)13)5-9-3-4-14-7-9;/h1-2,6,9,14H,3-5,7H2;1H. The molecule has 1 aromatic rings. The van der Waals surface area contributed by atoms with Crippen LogP contribution in [0.2, 0.25) is 0 Å². The monoisotopic (exact) mass is 233 g/mol. The molecule has 1 nitrogen and oxygen atoms in total. The van der Waals surface area contributed by atoms with Crippen molar-refractivity contribution in [2.75, 3.05) is 13.1 Å². The zero-order valence-electron chi connectivity index (χ0n) is 8.30. The molecule has 0 aliphatic carbocycles. The Hall–Kier alpha value is -0.670. The smallest absolute Gasteiger partial charge is 0.159 e. The first-order valence-electron chi connectivity index (χ1n) is 4.90. The molecule has 1 aromatic carbocycles. The molecule has 0 radical (unpaired) electrons. The third-order valence-electron chi connectivity index (χ3n) is 2.67. The van der Waals surface area contributed by atoms with Crippen molar-refractivity contribution in [3.63, 3.8) is 0 Å². The predicted octanol–water partition coefficient (Wildman–Crippen LogP) is 2.54. The van der Waals surface area contributed by atoms with Gasteiger partial charge in [-0.3, -0.25) is 0 Å². The van der Waals surface area contributed by atoms with Gasteiger partial charge in [-0.2, -0.15) is 0 Å². The molecule has 1 aliphatic heterocycles. The first kappa shape index (κ1) is 12.4. The lowest BCUT2D eigenvalue weighted by molar-refractivity contribution is 0.503. The highest BCUT2D eigenvalue weighted by atomic mass is 35.5. The van der Waals surface area contributed by atoms with Crippen molar-refractivity contribution in [2.24, 2.45) is 5.92 Å². The lowest BCUT2D eigenvalue weighted by Crippen LogP contribution is -2.10. The highest BCUT2D eigenvalue weighted by Crippen LogP contribution is 2.16. The van der Waals surface area contributed by atoms with Crippen LogP contribution in [0.1, 0.15) is 12.0 Å². The van der Waals surface area contributed by atoms with Crippen LogP contribution in [0.3, 0.4) is 0 Å². The summed E-state index contributed by atoms with van der Waals surface area (Å²) < 4.78 is 25.5. The van der Waals surface area contributed by atoms with E-state index in [-0.39, 0.29) is 12.4 Å². The Morgan fingerprint density at radius 2 is 2.07 bits per heavy atom. The minimum absolute atomic E-state index is 0. The van der Waals surface area contributed by atoms with E-state index < -0.39 is 11.6 Å². The lowest BCUT2D eigenvalue weighted by Gasteiger charge is -2.07. The molecule has 2 rings (SSSR count). The first-order valence-corrected chi connectivity index (χ1v) is 4.90. The SMILES string of the molecule is Cl.Fc1ccc(CC2CCNC2)cc1F. The second kappa shape index (κ2) is 5.42.